The van der Waals surface area contributed by atoms with E-state index in [1.807, 2.05) is 24.3 Å². The van der Waals surface area contributed by atoms with Gasteiger partial charge in [0, 0.05) is 19.0 Å². The normalized spacial score (nSPS) is 10.6. The highest BCUT2D eigenvalue weighted by atomic mass is 32.1. The third-order valence-electron chi connectivity index (χ3n) is 3.77. The minimum Gasteiger partial charge on any atom is -0.490 e. The number of methoxy groups -OCH3 is 1. The van der Waals surface area contributed by atoms with Crippen LogP contribution in [0.5, 0.6) is 5.75 Å². The van der Waals surface area contributed by atoms with Crippen LogP contribution in [-0.2, 0) is 11.3 Å². The van der Waals surface area contributed by atoms with Gasteiger partial charge in [0.15, 0.2) is 0 Å². The fourth-order valence-electron chi connectivity index (χ4n) is 2.38. The second kappa shape index (κ2) is 9.25. The first-order valence-corrected chi connectivity index (χ1v) is 9.24. The first kappa shape index (κ1) is 19.0. The number of nitrogens with zero attached hydrogens (tertiary/aromatic N) is 1. The second-order valence-corrected chi connectivity index (χ2v) is 6.54. The zero-order valence-electron chi connectivity index (χ0n) is 14.8. The van der Waals surface area contributed by atoms with Gasteiger partial charge in [-0.05, 0) is 29.8 Å². The Labute approximate surface area is 160 Å². The van der Waals surface area contributed by atoms with E-state index in [0.29, 0.717) is 36.2 Å². The number of nitrogens with one attached hydrogen (secondary N) is 1. The summed E-state index contributed by atoms with van der Waals surface area (Å²) in [5, 5.41) is 5.20. The topological polar surface area (TPSA) is 60.5 Å². The van der Waals surface area contributed by atoms with Gasteiger partial charge in [0.1, 0.15) is 28.9 Å². The van der Waals surface area contributed by atoms with Crippen molar-refractivity contribution < 1.29 is 18.7 Å². The highest BCUT2D eigenvalue weighted by molar-refractivity contribution is 7.13. The maximum atomic E-state index is 12.9. The highest BCUT2D eigenvalue weighted by Crippen LogP contribution is 2.32. The maximum Gasteiger partial charge on any atom is 0.271 e. The van der Waals surface area contributed by atoms with Crippen LogP contribution < -0.4 is 10.1 Å². The molecule has 3 rings (SSSR count). The van der Waals surface area contributed by atoms with Gasteiger partial charge in [0.05, 0.1) is 12.2 Å². The molecule has 3 aromatic rings. The van der Waals surface area contributed by atoms with Crippen molar-refractivity contribution in [2.75, 3.05) is 20.3 Å². The fraction of sp³-hybridized carbons (Fsp3) is 0.200. The fourth-order valence-corrected chi connectivity index (χ4v) is 3.21. The summed E-state index contributed by atoms with van der Waals surface area (Å²) in [6, 6.07) is 13.5. The molecule has 1 aromatic heterocycles. The van der Waals surface area contributed by atoms with Gasteiger partial charge in [0.25, 0.3) is 5.91 Å². The Morgan fingerprint density at radius 1 is 1.15 bits per heavy atom. The van der Waals surface area contributed by atoms with Crippen LogP contribution in [0.2, 0.25) is 0 Å². The number of carbonyl (C=O) groups is 1. The molecule has 0 saturated carbocycles. The van der Waals surface area contributed by atoms with E-state index in [9.17, 15) is 9.18 Å². The summed E-state index contributed by atoms with van der Waals surface area (Å²) in [5.41, 5.74) is 1.98. The lowest BCUT2D eigenvalue weighted by atomic mass is 10.2. The molecule has 0 spiro atoms. The molecular formula is C20H19FN2O3S. The number of amides is 1. The molecule has 140 valence electrons. The number of ether oxygens (including phenoxy) is 2. The number of thiazole rings is 1. The molecular weight excluding hydrogens is 367 g/mol. The van der Waals surface area contributed by atoms with Crippen LogP contribution in [0.4, 0.5) is 4.39 Å². The highest BCUT2D eigenvalue weighted by Gasteiger charge is 2.14. The molecule has 0 aliphatic rings. The van der Waals surface area contributed by atoms with Gasteiger partial charge in [-0.2, -0.15) is 0 Å². The van der Waals surface area contributed by atoms with E-state index in [4.69, 9.17) is 9.47 Å². The molecule has 0 fully saturated rings. The number of carbonyl (C=O) groups excluding carboxylic acids is 1. The Hall–Kier alpha value is -2.77. The number of hydrogen-bond acceptors (Lipinski definition) is 5. The van der Waals surface area contributed by atoms with E-state index in [-0.39, 0.29) is 11.7 Å². The molecule has 0 aliphatic carbocycles. The molecule has 27 heavy (non-hydrogen) atoms. The molecule has 0 saturated heterocycles. The first-order chi connectivity index (χ1) is 13.2. The molecule has 1 heterocycles. The zero-order valence-corrected chi connectivity index (χ0v) is 15.6. The van der Waals surface area contributed by atoms with Crippen LogP contribution >= 0.6 is 11.3 Å². The monoisotopic (exact) mass is 386 g/mol. The second-order valence-electron chi connectivity index (χ2n) is 5.68. The Morgan fingerprint density at radius 3 is 2.70 bits per heavy atom. The van der Waals surface area contributed by atoms with Gasteiger partial charge in [-0.1, -0.05) is 24.3 Å². The van der Waals surface area contributed by atoms with Gasteiger partial charge in [-0.25, -0.2) is 9.37 Å². The third-order valence-corrected chi connectivity index (χ3v) is 4.64. The molecule has 1 N–H and O–H groups in total. The van der Waals surface area contributed by atoms with Gasteiger partial charge < -0.3 is 14.8 Å². The SMILES string of the molecule is COCCOc1ccccc1-c1nc(C(=O)NCc2ccc(F)cc2)cs1. The van der Waals surface area contributed by atoms with E-state index < -0.39 is 0 Å². The molecule has 5 nitrogen and oxygen atoms in total. The maximum absolute atomic E-state index is 12.9. The van der Waals surface area contributed by atoms with Crippen molar-refractivity contribution in [1.82, 2.24) is 10.3 Å². The van der Waals surface area contributed by atoms with Crippen molar-refractivity contribution in [3.8, 4) is 16.3 Å². The number of aromatic nitrogens is 1. The Morgan fingerprint density at radius 2 is 1.93 bits per heavy atom. The van der Waals surface area contributed by atoms with Crippen molar-refractivity contribution in [2.24, 2.45) is 0 Å². The van der Waals surface area contributed by atoms with Gasteiger partial charge in [-0.15, -0.1) is 11.3 Å². The van der Waals surface area contributed by atoms with Crippen LogP contribution in [0.3, 0.4) is 0 Å². The van der Waals surface area contributed by atoms with Crippen LogP contribution in [0.1, 0.15) is 16.1 Å². The molecule has 0 unspecified atom stereocenters. The summed E-state index contributed by atoms with van der Waals surface area (Å²) in [7, 11) is 1.62. The first-order valence-electron chi connectivity index (χ1n) is 8.36. The largest absolute Gasteiger partial charge is 0.490 e. The van der Waals surface area contributed by atoms with E-state index >= 15 is 0 Å². The predicted molar refractivity (Wildman–Crippen MR) is 102 cm³/mol. The lowest BCUT2D eigenvalue weighted by molar-refractivity contribution is 0.0946. The molecule has 7 heteroatoms. The third kappa shape index (κ3) is 5.12. The van der Waals surface area contributed by atoms with Crippen LogP contribution in [0.15, 0.2) is 53.9 Å². The smallest absolute Gasteiger partial charge is 0.271 e. The lowest BCUT2D eigenvalue weighted by Gasteiger charge is -2.09. The Kier molecular flexibility index (Phi) is 6.51. The van der Waals surface area contributed by atoms with Crippen molar-refractivity contribution >= 4 is 17.2 Å². The van der Waals surface area contributed by atoms with Crippen LogP contribution in [0.25, 0.3) is 10.6 Å². The van der Waals surface area contributed by atoms with Crippen molar-refractivity contribution in [3.63, 3.8) is 0 Å². The zero-order chi connectivity index (χ0) is 19.1. The van der Waals surface area contributed by atoms with Crippen molar-refractivity contribution in [2.45, 2.75) is 6.54 Å². The summed E-state index contributed by atoms with van der Waals surface area (Å²) in [6.45, 7) is 1.23. The van der Waals surface area contributed by atoms with Crippen LogP contribution in [-0.4, -0.2) is 31.2 Å². The van der Waals surface area contributed by atoms with Crippen molar-refractivity contribution in [3.05, 3.63) is 71.0 Å². The average molecular weight is 386 g/mol. The number of rotatable bonds is 8. The Bertz CT molecular complexity index is 896. The number of para-hydroxylation sites is 1. The molecule has 0 aliphatic heterocycles. The predicted octanol–water partition coefficient (Wildman–Crippen LogP) is 3.90. The Balaban J connectivity index is 1.67. The van der Waals surface area contributed by atoms with E-state index in [0.717, 1.165) is 11.1 Å². The minimum absolute atomic E-state index is 0.278. The molecule has 0 atom stereocenters. The summed E-state index contributed by atoms with van der Waals surface area (Å²) < 4.78 is 23.7. The van der Waals surface area contributed by atoms with E-state index in [1.54, 1.807) is 24.6 Å². The average Bonchev–Trinajstić information content (AvgIpc) is 3.18. The van der Waals surface area contributed by atoms with E-state index in [2.05, 4.69) is 10.3 Å². The number of hydrogen-bond donors (Lipinski definition) is 1. The quantitative estimate of drug-likeness (QED) is 0.597. The summed E-state index contributed by atoms with van der Waals surface area (Å²) >= 11 is 1.38. The summed E-state index contributed by atoms with van der Waals surface area (Å²) in [5.74, 6) is 0.113. The van der Waals surface area contributed by atoms with Gasteiger partial charge in [0.2, 0.25) is 0 Å². The molecule has 2 aromatic carbocycles. The summed E-state index contributed by atoms with van der Waals surface area (Å²) in [4.78, 5) is 16.8. The van der Waals surface area contributed by atoms with Crippen molar-refractivity contribution in [1.29, 1.82) is 0 Å². The van der Waals surface area contributed by atoms with E-state index in [1.165, 1.54) is 23.5 Å². The minimum atomic E-state index is -0.305. The van der Waals surface area contributed by atoms with Gasteiger partial charge >= 0.3 is 0 Å². The summed E-state index contributed by atoms with van der Waals surface area (Å²) in [6.07, 6.45) is 0. The van der Waals surface area contributed by atoms with Gasteiger partial charge in [-0.3, -0.25) is 4.79 Å². The standard InChI is InChI=1S/C20H19FN2O3S/c1-25-10-11-26-18-5-3-2-4-16(18)20-23-17(13-27-20)19(24)22-12-14-6-8-15(21)9-7-14/h2-9,13H,10-12H2,1H3,(H,22,24). The number of benzene rings is 2. The molecule has 0 bridgehead atoms. The lowest BCUT2D eigenvalue weighted by Crippen LogP contribution is -2.23. The number of halogens is 1. The van der Waals surface area contributed by atoms with Crippen LogP contribution in [0, 0.1) is 5.82 Å². The molecule has 0 radical (unpaired) electrons. The molecule has 1 amide bonds.